The van der Waals surface area contributed by atoms with Crippen molar-refractivity contribution in [2.45, 2.75) is 25.9 Å². The second-order valence-corrected chi connectivity index (χ2v) is 8.68. The van der Waals surface area contributed by atoms with E-state index < -0.39 is 0 Å². The van der Waals surface area contributed by atoms with Gasteiger partial charge in [0.15, 0.2) is 0 Å². The number of fused-ring (bicyclic) bond motifs is 4. The highest BCUT2D eigenvalue weighted by Gasteiger charge is 2.27. The summed E-state index contributed by atoms with van der Waals surface area (Å²) in [5, 5.41) is 20.1. The van der Waals surface area contributed by atoms with E-state index in [9.17, 15) is 5.26 Å². The van der Waals surface area contributed by atoms with Crippen molar-refractivity contribution in [3.8, 4) is 6.07 Å². The molecule has 6 heteroatoms. The summed E-state index contributed by atoms with van der Waals surface area (Å²) in [6.07, 6.45) is 5.10. The Balaban J connectivity index is 1.42. The third-order valence-corrected chi connectivity index (χ3v) is 6.69. The molecule has 2 aromatic carbocycles. The summed E-state index contributed by atoms with van der Waals surface area (Å²) in [5.41, 5.74) is 7.50. The summed E-state index contributed by atoms with van der Waals surface area (Å²) in [5.74, 6) is 0. The Kier molecular flexibility index (Phi) is 4.44. The second-order valence-electron chi connectivity index (χ2n) is 8.68. The average Bonchev–Trinajstić information content (AvgIpc) is 3.22. The zero-order valence-electron chi connectivity index (χ0n) is 18.0. The first-order valence-electron chi connectivity index (χ1n) is 11.2. The zero-order chi connectivity index (χ0) is 21.7. The van der Waals surface area contributed by atoms with Gasteiger partial charge in [-0.1, -0.05) is 18.2 Å². The van der Waals surface area contributed by atoms with E-state index in [0.717, 1.165) is 54.7 Å². The van der Waals surface area contributed by atoms with Crippen molar-refractivity contribution in [1.29, 1.82) is 5.26 Å². The van der Waals surface area contributed by atoms with Crippen LogP contribution in [0.1, 0.15) is 36.2 Å². The quantitative estimate of drug-likeness (QED) is 0.520. The molecule has 0 radical (unpaired) electrons. The summed E-state index contributed by atoms with van der Waals surface area (Å²) in [6.45, 7) is 5.83. The lowest BCUT2D eigenvalue weighted by Gasteiger charge is -2.34. The minimum atomic E-state index is 0.245. The van der Waals surface area contributed by atoms with Crippen LogP contribution in [-0.4, -0.2) is 34.4 Å². The van der Waals surface area contributed by atoms with E-state index in [4.69, 9.17) is 5.10 Å². The summed E-state index contributed by atoms with van der Waals surface area (Å²) in [4.78, 5) is 6.89. The van der Waals surface area contributed by atoms with Crippen LogP contribution in [0.3, 0.4) is 0 Å². The van der Waals surface area contributed by atoms with E-state index in [1.165, 1.54) is 22.2 Å². The molecule has 158 valence electrons. The van der Waals surface area contributed by atoms with Gasteiger partial charge < -0.3 is 10.2 Å². The van der Waals surface area contributed by atoms with Gasteiger partial charge in [-0.3, -0.25) is 9.67 Å². The molecule has 4 aromatic rings. The number of hydrogen-bond acceptors (Lipinski definition) is 5. The van der Waals surface area contributed by atoms with E-state index >= 15 is 0 Å². The zero-order valence-corrected chi connectivity index (χ0v) is 18.0. The molecular weight excluding hydrogens is 396 g/mol. The molecule has 6 nitrogen and oxygen atoms in total. The number of nitriles is 1. The Labute approximate surface area is 186 Å². The topological polar surface area (TPSA) is 69.8 Å². The molecule has 1 N–H and O–H groups in total. The first kappa shape index (κ1) is 19.0. The Hall–Kier alpha value is -3.69. The lowest BCUT2D eigenvalue weighted by Crippen LogP contribution is -2.36. The largest absolute Gasteiger partial charge is 0.363 e. The van der Waals surface area contributed by atoms with Crippen LogP contribution in [0.4, 0.5) is 5.69 Å². The van der Waals surface area contributed by atoms with Gasteiger partial charge in [0.05, 0.1) is 34.9 Å². The van der Waals surface area contributed by atoms with Crippen LogP contribution in [0.2, 0.25) is 0 Å². The normalized spacial score (nSPS) is 18.4. The van der Waals surface area contributed by atoms with Crippen LogP contribution in [0.25, 0.3) is 27.4 Å². The molecule has 32 heavy (non-hydrogen) atoms. The first-order valence-corrected chi connectivity index (χ1v) is 11.2. The minimum absolute atomic E-state index is 0.245. The van der Waals surface area contributed by atoms with Crippen LogP contribution in [-0.2, 0) is 6.54 Å². The molecule has 0 aliphatic carbocycles. The Morgan fingerprint density at radius 1 is 1.16 bits per heavy atom. The molecule has 0 amide bonds. The minimum Gasteiger partial charge on any atom is -0.363 e. The van der Waals surface area contributed by atoms with Gasteiger partial charge in [0.25, 0.3) is 0 Å². The van der Waals surface area contributed by atoms with Crippen LogP contribution in [0.15, 0.2) is 54.7 Å². The maximum atomic E-state index is 9.49. The highest BCUT2D eigenvalue weighted by atomic mass is 15.4. The standard InChI is InChI=1S/C26H24N6/c1-17-15-31(24-7-5-20(14-27)26-22(24)3-2-10-29-26)16-25-21-6-4-19(13-23(21)30-32(17)25)18-8-11-28-12-9-18/h2-8,10,13,17,28H,9,11-12,15-16H2,1H3/t17-/m1/s1. The third kappa shape index (κ3) is 2.97. The predicted molar refractivity (Wildman–Crippen MR) is 127 cm³/mol. The van der Waals surface area contributed by atoms with E-state index in [-0.39, 0.29) is 6.04 Å². The van der Waals surface area contributed by atoms with Crippen molar-refractivity contribution in [1.82, 2.24) is 20.1 Å². The smallest absolute Gasteiger partial charge is 0.101 e. The number of nitrogens with one attached hydrogen (secondary N) is 1. The van der Waals surface area contributed by atoms with Crippen LogP contribution in [0.5, 0.6) is 0 Å². The monoisotopic (exact) mass is 420 g/mol. The van der Waals surface area contributed by atoms with Gasteiger partial charge in [-0.05, 0) is 61.4 Å². The average molecular weight is 421 g/mol. The number of rotatable bonds is 2. The molecule has 1 atom stereocenters. The lowest BCUT2D eigenvalue weighted by molar-refractivity contribution is 0.430. The molecule has 4 heterocycles. The molecule has 0 spiro atoms. The number of hydrogen-bond donors (Lipinski definition) is 1. The maximum absolute atomic E-state index is 9.49. The number of aromatic nitrogens is 3. The molecule has 2 aromatic heterocycles. The lowest BCUT2D eigenvalue weighted by atomic mass is 9.98. The van der Waals surface area contributed by atoms with E-state index in [0.29, 0.717) is 5.56 Å². The number of nitrogens with zero attached hydrogens (tertiary/aromatic N) is 5. The molecule has 0 fully saturated rings. The molecular formula is C26H24N6. The fourth-order valence-corrected chi connectivity index (χ4v) is 5.11. The summed E-state index contributed by atoms with van der Waals surface area (Å²) >= 11 is 0. The van der Waals surface area contributed by atoms with Crippen molar-refractivity contribution in [2.24, 2.45) is 0 Å². The highest BCUT2D eigenvalue weighted by Crippen LogP contribution is 2.35. The van der Waals surface area contributed by atoms with Crippen LogP contribution in [0, 0.1) is 11.3 Å². The van der Waals surface area contributed by atoms with Crippen LogP contribution >= 0.6 is 0 Å². The fourth-order valence-electron chi connectivity index (χ4n) is 5.11. The molecule has 6 rings (SSSR count). The summed E-state index contributed by atoms with van der Waals surface area (Å²) in [6, 6.07) is 17.2. The molecule has 0 bridgehead atoms. The Morgan fingerprint density at radius 2 is 2.09 bits per heavy atom. The molecule has 0 saturated carbocycles. The van der Waals surface area contributed by atoms with Crippen LogP contribution < -0.4 is 10.2 Å². The number of anilines is 1. The Morgan fingerprint density at radius 3 is 2.94 bits per heavy atom. The SMILES string of the molecule is C[C@@H]1CN(c2ccc(C#N)c3ncccc23)Cc2c3ccc(C4=CCNCC4)cc3nn21. The van der Waals surface area contributed by atoms with Crippen molar-refractivity contribution >= 4 is 33.1 Å². The Bertz CT molecular complexity index is 1420. The van der Waals surface area contributed by atoms with E-state index in [2.05, 4.69) is 69.3 Å². The molecule has 2 aliphatic heterocycles. The van der Waals surface area contributed by atoms with Gasteiger partial charge in [-0.15, -0.1) is 0 Å². The van der Waals surface area contributed by atoms with Gasteiger partial charge >= 0.3 is 0 Å². The first-order chi connectivity index (χ1) is 15.7. The van der Waals surface area contributed by atoms with Gasteiger partial charge in [0.1, 0.15) is 6.07 Å². The third-order valence-electron chi connectivity index (χ3n) is 6.69. The van der Waals surface area contributed by atoms with Crippen molar-refractivity contribution in [2.75, 3.05) is 24.5 Å². The highest BCUT2D eigenvalue weighted by molar-refractivity contribution is 5.95. The molecule has 0 unspecified atom stereocenters. The molecule has 2 aliphatic rings. The number of pyridine rings is 1. The van der Waals surface area contributed by atoms with Crippen molar-refractivity contribution in [3.05, 3.63) is 71.6 Å². The summed E-state index contributed by atoms with van der Waals surface area (Å²) < 4.78 is 2.20. The van der Waals surface area contributed by atoms with E-state index in [1.54, 1.807) is 6.20 Å². The summed E-state index contributed by atoms with van der Waals surface area (Å²) in [7, 11) is 0. The van der Waals surface area contributed by atoms with Gasteiger partial charge in [-0.25, -0.2) is 0 Å². The van der Waals surface area contributed by atoms with Gasteiger partial charge in [0, 0.05) is 35.7 Å². The second kappa shape index (κ2) is 7.47. The molecule has 0 saturated heterocycles. The number of benzene rings is 2. The van der Waals surface area contributed by atoms with Gasteiger partial charge in [0.2, 0.25) is 0 Å². The van der Waals surface area contributed by atoms with Crippen molar-refractivity contribution in [3.63, 3.8) is 0 Å². The van der Waals surface area contributed by atoms with E-state index in [1.807, 2.05) is 12.1 Å². The van der Waals surface area contributed by atoms with Crippen molar-refractivity contribution < 1.29 is 0 Å². The van der Waals surface area contributed by atoms with Gasteiger partial charge in [-0.2, -0.15) is 10.4 Å². The maximum Gasteiger partial charge on any atom is 0.101 e. The predicted octanol–water partition coefficient (Wildman–Crippen LogP) is 4.41. The fraction of sp³-hybridized carbons (Fsp3) is 0.269.